The Morgan fingerprint density at radius 1 is 1.38 bits per heavy atom. The number of carbonyl (C=O) groups is 1. The van der Waals surface area contributed by atoms with E-state index in [-0.39, 0.29) is 12.5 Å². The zero-order valence-corrected chi connectivity index (χ0v) is 10.6. The third-order valence-corrected chi connectivity index (χ3v) is 2.71. The summed E-state index contributed by atoms with van der Waals surface area (Å²) in [6, 6.07) is 9.44. The summed E-state index contributed by atoms with van der Waals surface area (Å²) in [5.74, 6) is -0.0788. The fourth-order valence-electron chi connectivity index (χ4n) is 1.27. The molecule has 1 amide bonds. The van der Waals surface area contributed by atoms with Gasteiger partial charge in [-0.05, 0) is 52.9 Å². The predicted octanol–water partition coefficient (Wildman–Crippen LogP) is 2.13. The van der Waals surface area contributed by atoms with Gasteiger partial charge in [-0.1, -0.05) is 0 Å². The Labute approximate surface area is 107 Å². The van der Waals surface area contributed by atoms with E-state index in [9.17, 15) is 4.79 Å². The topological polar surface area (TPSA) is 46.9 Å². The van der Waals surface area contributed by atoms with Crippen molar-refractivity contribution < 1.29 is 4.79 Å². The SMILES string of the molecule is O=C(Cn1cccn1)Nc1ccc(I)cc1. The van der Waals surface area contributed by atoms with E-state index in [1.165, 1.54) is 0 Å². The molecule has 1 aromatic heterocycles. The van der Waals surface area contributed by atoms with Gasteiger partial charge >= 0.3 is 0 Å². The lowest BCUT2D eigenvalue weighted by Gasteiger charge is -2.05. The van der Waals surface area contributed by atoms with E-state index in [0.29, 0.717) is 0 Å². The Bertz CT molecular complexity index is 464. The van der Waals surface area contributed by atoms with E-state index in [2.05, 4.69) is 33.0 Å². The van der Waals surface area contributed by atoms with E-state index >= 15 is 0 Å². The summed E-state index contributed by atoms with van der Waals surface area (Å²) in [4.78, 5) is 11.6. The van der Waals surface area contributed by atoms with E-state index in [1.807, 2.05) is 24.3 Å². The second kappa shape index (κ2) is 5.11. The fraction of sp³-hybridized carbons (Fsp3) is 0.0909. The number of halogens is 1. The van der Waals surface area contributed by atoms with Crippen LogP contribution in [0.5, 0.6) is 0 Å². The Hall–Kier alpha value is -1.37. The molecular formula is C11H10IN3O. The first-order chi connectivity index (χ1) is 7.74. The van der Waals surface area contributed by atoms with Gasteiger partial charge in [0.1, 0.15) is 6.54 Å². The zero-order valence-electron chi connectivity index (χ0n) is 8.43. The smallest absolute Gasteiger partial charge is 0.246 e. The van der Waals surface area contributed by atoms with Crippen LogP contribution in [-0.4, -0.2) is 15.7 Å². The van der Waals surface area contributed by atoms with Gasteiger partial charge in [0, 0.05) is 21.7 Å². The van der Waals surface area contributed by atoms with Crippen LogP contribution in [0, 0.1) is 3.57 Å². The highest BCUT2D eigenvalue weighted by Crippen LogP contribution is 2.10. The molecule has 4 nitrogen and oxygen atoms in total. The van der Waals surface area contributed by atoms with Crippen LogP contribution in [0.4, 0.5) is 5.69 Å². The van der Waals surface area contributed by atoms with E-state index in [0.717, 1.165) is 9.26 Å². The molecule has 0 saturated heterocycles. The lowest BCUT2D eigenvalue weighted by molar-refractivity contribution is -0.116. The Morgan fingerprint density at radius 3 is 2.75 bits per heavy atom. The minimum atomic E-state index is -0.0788. The van der Waals surface area contributed by atoms with Gasteiger partial charge < -0.3 is 5.32 Å². The Morgan fingerprint density at radius 2 is 2.12 bits per heavy atom. The third-order valence-electron chi connectivity index (χ3n) is 1.99. The molecule has 0 radical (unpaired) electrons. The minimum Gasteiger partial charge on any atom is -0.324 e. The van der Waals surface area contributed by atoms with Crippen LogP contribution < -0.4 is 5.32 Å². The summed E-state index contributed by atoms with van der Waals surface area (Å²) in [7, 11) is 0. The highest BCUT2D eigenvalue weighted by molar-refractivity contribution is 14.1. The number of hydrogen-bond acceptors (Lipinski definition) is 2. The molecule has 0 fully saturated rings. The molecular weight excluding hydrogens is 317 g/mol. The fourth-order valence-corrected chi connectivity index (χ4v) is 1.63. The lowest BCUT2D eigenvalue weighted by atomic mass is 10.3. The van der Waals surface area contributed by atoms with Crippen LogP contribution in [0.25, 0.3) is 0 Å². The number of anilines is 1. The summed E-state index contributed by atoms with van der Waals surface area (Å²) >= 11 is 2.22. The quantitative estimate of drug-likeness (QED) is 0.878. The third kappa shape index (κ3) is 3.06. The number of hydrogen-bond donors (Lipinski definition) is 1. The maximum Gasteiger partial charge on any atom is 0.246 e. The van der Waals surface area contributed by atoms with E-state index < -0.39 is 0 Å². The van der Waals surface area contributed by atoms with Crippen molar-refractivity contribution >= 4 is 34.2 Å². The largest absolute Gasteiger partial charge is 0.324 e. The summed E-state index contributed by atoms with van der Waals surface area (Å²) in [6.45, 7) is 0.235. The van der Waals surface area contributed by atoms with Crippen molar-refractivity contribution in [2.24, 2.45) is 0 Å². The van der Waals surface area contributed by atoms with Crippen molar-refractivity contribution in [3.8, 4) is 0 Å². The second-order valence-corrected chi connectivity index (χ2v) is 4.50. The van der Waals surface area contributed by atoms with Gasteiger partial charge in [-0.3, -0.25) is 9.48 Å². The molecule has 0 atom stereocenters. The molecule has 2 rings (SSSR count). The maximum atomic E-state index is 11.6. The molecule has 0 aliphatic carbocycles. The van der Waals surface area contributed by atoms with Gasteiger partial charge in [-0.15, -0.1) is 0 Å². The van der Waals surface area contributed by atoms with E-state index in [4.69, 9.17) is 0 Å². The van der Waals surface area contributed by atoms with Crippen molar-refractivity contribution in [1.82, 2.24) is 9.78 Å². The molecule has 0 spiro atoms. The van der Waals surface area contributed by atoms with Crippen molar-refractivity contribution in [3.63, 3.8) is 0 Å². The average molecular weight is 327 g/mol. The van der Waals surface area contributed by atoms with Crippen LogP contribution in [0.3, 0.4) is 0 Å². The molecule has 0 aliphatic heterocycles. The van der Waals surface area contributed by atoms with Crippen LogP contribution in [0.2, 0.25) is 0 Å². The molecule has 0 bridgehead atoms. The molecule has 5 heteroatoms. The number of carbonyl (C=O) groups excluding carboxylic acids is 1. The Kier molecular flexibility index (Phi) is 3.55. The van der Waals surface area contributed by atoms with Gasteiger partial charge in [-0.25, -0.2) is 0 Å². The standard InChI is InChI=1S/C11H10IN3O/c12-9-2-4-10(5-3-9)14-11(16)8-15-7-1-6-13-15/h1-7H,8H2,(H,14,16). The van der Waals surface area contributed by atoms with Gasteiger partial charge in [-0.2, -0.15) is 5.10 Å². The molecule has 0 aliphatic rings. The summed E-state index contributed by atoms with van der Waals surface area (Å²) in [5.41, 5.74) is 0.803. The molecule has 0 saturated carbocycles. The Balaban J connectivity index is 1.95. The van der Waals surface area contributed by atoms with Crippen LogP contribution in [0.1, 0.15) is 0 Å². The van der Waals surface area contributed by atoms with Gasteiger partial charge in [0.25, 0.3) is 0 Å². The molecule has 82 valence electrons. The first-order valence-corrected chi connectivity index (χ1v) is 5.85. The minimum absolute atomic E-state index is 0.0788. The number of rotatable bonds is 3. The lowest BCUT2D eigenvalue weighted by Crippen LogP contribution is -2.18. The molecule has 0 unspecified atom stereocenters. The number of nitrogens with one attached hydrogen (secondary N) is 1. The highest BCUT2D eigenvalue weighted by Gasteiger charge is 2.02. The molecule has 2 aromatic rings. The summed E-state index contributed by atoms with van der Waals surface area (Å²) in [6.07, 6.45) is 3.41. The van der Waals surface area contributed by atoms with E-state index in [1.54, 1.807) is 23.1 Å². The van der Waals surface area contributed by atoms with Crippen molar-refractivity contribution in [3.05, 3.63) is 46.3 Å². The number of benzene rings is 1. The summed E-state index contributed by atoms with van der Waals surface area (Å²) < 4.78 is 2.73. The monoisotopic (exact) mass is 327 g/mol. The number of aromatic nitrogens is 2. The van der Waals surface area contributed by atoms with Gasteiger partial charge in [0.05, 0.1) is 0 Å². The second-order valence-electron chi connectivity index (χ2n) is 3.26. The van der Waals surface area contributed by atoms with Crippen molar-refractivity contribution in [2.45, 2.75) is 6.54 Å². The zero-order chi connectivity index (χ0) is 11.4. The molecule has 1 aromatic carbocycles. The molecule has 1 N–H and O–H groups in total. The first kappa shape index (κ1) is 11.1. The van der Waals surface area contributed by atoms with Crippen LogP contribution >= 0.6 is 22.6 Å². The maximum absolute atomic E-state index is 11.6. The van der Waals surface area contributed by atoms with Gasteiger partial charge in [0.15, 0.2) is 0 Å². The van der Waals surface area contributed by atoms with Gasteiger partial charge in [0.2, 0.25) is 5.91 Å². The van der Waals surface area contributed by atoms with Crippen LogP contribution in [-0.2, 0) is 11.3 Å². The highest BCUT2D eigenvalue weighted by atomic mass is 127. The van der Waals surface area contributed by atoms with Crippen molar-refractivity contribution in [1.29, 1.82) is 0 Å². The molecule has 16 heavy (non-hydrogen) atoms. The average Bonchev–Trinajstić information content (AvgIpc) is 2.74. The number of amides is 1. The normalized spacial score (nSPS) is 10.1. The first-order valence-electron chi connectivity index (χ1n) is 4.77. The summed E-state index contributed by atoms with van der Waals surface area (Å²) in [5, 5.41) is 6.77. The molecule has 1 heterocycles. The predicted molar refractivity (Wildman–Crippen MR) is 70.0 cm³/mol. The number of nitrogens with zero attached hydrogens (tertiary/aromatic N) is 2. The van der Waals surface area contributed by atoms with Crippen molar-refractivity contribution in [2.75, 3.05) is 5.32 Å². The van der Waals surface area contributed by atoms with Crippen LogP contribution in [0.15, 0.2) is 42.7 Å².